The summed E-state index contributed by atoms with van der Waals surface area (Å²) >= 11 is 0. The molecule has 37 heavy (non-hydrogen) atoms. The normalized spacial score (nSPS) is 11.3. The third kappa shape index (κ3) is 5.81. The summed E-state index contributed by atoms with van der Waals surface area (Å²) in [7, 11) is 1.73. The molecule has 0 aliphatic rings. The Morgan fingerprint density at radius 1 is 1.03 bits per heavy atom. The van der Waals surface area contributed by atoms with Crippen LogP contribution in [0.1, 0.15) is 43.0 Å². The van der Waals surface area contributed by atoms with Gasteiger partial charge in [-0.05, 0) is 52.8 Å². The summed E-state index contributed by atoms with van der Waals surface area (Å²) in [6.45, 7) is 13.4. The minimum atomic E-state index is -0.203. The number of nitrogens with zero attached hydrogens (tertiary/aromatic N) is 2. The molecule has 4 rings (SSSR count). The summed E-state index contributed by atoms with van der Waals surface area (Å²) in [4.78, 5) is 17.5. The Labute approximate surface area is 218 Å². The van der Waals surface area contributed by atoms with Gasteiger partial charge in [0.25, 0.3) is 5.56 Å². The van der Waals surface area contributed by atoms with E-state index in [0.717, 1.165) is 39.3 Å². The highest BCUT2D eigenvalue weighted by Crippen LogP contribution is 2.30. The number of nitrogens with one attached hydrogen (secondary N) is 2. The molecule has 4 aromatic rings. The summed E-state index contributed by atoms with van der Waals surface area (Å²) in [6.07, 6.45) is 1.76. The van der Waals surface area contributed by atoms with Crippen LogP contribution in [0.5, 0.6) is 0 Å². The van der Waals surface area contributed by atoms with Crippen molar-refractivity contribution in [3.63, 3.8) is 0 Å². The average Bonchev–Trinajstić information content (AvgIpc) is 2.88. The van der Waals surface area contributed by atoms with E-state index < -0.39 is 0 Å². The first kappa shape index (κ1) is 25.9. The van der Waals surface area contributed by atoms with Gasteiger partial charge in [-0.3, -0.25) is 4.79 Å². The van der Waals surface area contributed by atoms with Gasteiger partial charge in [-0.25, -0.2) is 4.98 Å². The lowest BCUT2D eigenvalue weighted by molar-refractivity contribution is 0.590. The second-order valence-corrected chi connectivity index (χ2v) is 10.3. The quantitative estimate of drug-likeness (QED) is 0.280. The highest BCUT2D eigenvalue weighted by Gasteiger charge is 2.15. The summed E-state index contributed by atoms with van der Waals surface area (Å²) < 4.78 is 1.55. The van der Waals surface area contributed by atoms with E-state index in [2.05, 4.69) is 62.2 Å². The molecule has 0 saturated carbocycles. The van der Waals surface area contributed by atoms with Crippen LogP contribution in [-0.4, -0.2) is 9.55 Å². The van der Waals surface area contributed by atoms with Crippen molar-refractivity contribution in [2.24, 2.45) is 12.8 Å². The fourth-order valence-corrected chi connectivity index (χ4v) is 4.13. The van der Waals surface area contributed by atoms with Crippen LogP contribution < -0.4 is 21.9 Å². The van der Waals surface area contributed by atoms with E-state index in [0.29, 0.717) is 12.2 Å². The van der Waals surface area contributed by atoms with Crippen molar-refractivity contribution in [3.8, 4) is 11.3 Å². The van der Waals surface area contributed by atoms with Crippen LogP contribution in [0.2, 0.25) is 0 Å². The van der Waals surface area contributed by atoms with Gasteiger partial charge in [0, 0.05) is 42.4 Å². The minimum absolute atomic E-state index is 0.0998. The number of aryl methyl sites for hydroxylation is 1. The molecule has 0 amide bonds. The van der Waals surface area contributed by atoms with Gasteiger partial charge in [-0.1, -0.05) is 75.9 Å². The predicted molar refractivity (Wildman–Crippen MR) is 155 cm³/mol. The summed E-state index contributed by atoms with van der Waals surface area (Å²) in [5, 5.41) is 6.63. The molecule has 0 fully saturated rings. The number of hydrogen-bond donors (Lipinski definition) is 3. The Morgan fingerprint density at radius 2 is 1.70 bits per heavy atom. The zero-order valence-electron chi connectivity index (χ0n) is 22.2. The molecule has 1 heterocycles. The predicted octanol–water partition coefficient (Wildman–Crippen LogP) is 6.34. The lowest BCUT2D eigenvalue weighted by Gasteiger charge is -2.20. The molecule has 0 spiro atoms. The average molecular weight is 494 g/mol. The summed E-state index contributed by atoms with van der Waals surface area (Å²) in [5.41, 5.74) is 14.1. The number of nitrogens with two attached hydrogens (primary N) is 1. The topological polar surface area (TPSA) is 85.0 Å². The van der Waals surface area contributed by atoms with Gasteiger partial charge in [0.15, 0.2) is 5.82 Å². The smallest absolute Gasteiger partial charge is 0.293 e. The maximum atomic E-state index is 12.8. The Kier molecular flexibility index (Phi) is 7.32. The molecule has 3 aromatic carbocycles. The van der Waals surface area contributed by atoms with Gasteiger partial charge in [-0.15, -0.1) is 0 Å². The molecule has 0 bridgehead atoms. The molecule has 6 nitrogen and oxygen atoms in total. The highest BCUT2D eigenvalue weighted by molar-refractivity contribution is 5.80. The monoisotopic (exact) mass is 493 g/mol. The van der Waals surface area contributed by atoms with Crippen LogP contribution in [0.3, 0.4) is 0 Å². The van der Waals surface area contributed by atoms with Crippen molar-refractivity contribution in [1.29, 1.82) is 0 Å². The van der Waals surface area contributed by atoms with E-state index in [-0.39, 0.29) is 16.8 Å². The van der Waals surface area contributed by atoms with E-state index in [9.17, 15) is 4.79 Å². The minimum Gasteiger partial charge on any atom is -0.355 e. The molecular weight excluding hydrogens is 458 g/mol. The molecule has 0 atom stereocenters. The second-order valence-electron chi connectivity index (χ2n) is 10.3. The molecule has 0 aliphatic carbocycles. The first-order valence-corrected chi connectivity index (χ1v) is 12.4. The van der Waals surface area contributed by atoms with Crippen LogP contribution in [0.4, 0.5) is 17.2 Å². The molecular formula is C31H35N5O. The van der Waals surface area contributed by atoms with Crippen molar-refractivity contribution in [2.75, 3.05) is 10.6 Å². The van der Waals surface area contributed by atoms with Gasteiger partial charge in [0.1, 0.15) is 0 Å². The zero-order chi connectivity index (χ0) is 26.7. The van der Waals surface area contributed by atoms with E-state index in [4.69, 9.17) is 10.7 Å². The molecule has 1 aromatic heterocycles. The Hall–Kier alpha value is -4.16. The van der Waals surface area contributed by atoms with E-state index >= 15 is 0 Å². The standard InChI is InChI=1S/C31H35N5O/c1-20-26(8-7-9-27(20)33-21(2)23-12-14-24(15-13-23)31(3,4)5)28-19-36(6)30(37)29(35-28)34-25-16-10-22(18-32)11-17-25/h7-17,19,33H,2,18,32H2,1,3-6H3,(H,34,35). The van der Waals surface area contributed by atoms with Crippen molar-refractivity contribution >= 4 is 22.9 Å². The molecule has 0 unspecified atom stereocenters. The van der Waals surface area contributed by atoms with Crippen molar-refractivity contribution in [2.45, 2.75) is 39.7 Å². The molecule has 0 radical (unpaired) electrons. The van der Waals surface area contributed by atoms with E-state index in [1.807, 2.05) is 49.4 Å². The number of aromatic nitrogens is 2. The summed E-state index contributed by atoms with van der Waals surface area (Å²) in [6, 6.07) is 22.2. The number of rotatable bonds is 7. The Bertz CT molecular complexity index is 1480. The fourth-order valence-electron chi connectivity index (χ4n) is 4.13. The van der Waals surface area contributed by atoms with Gasteiger partial charge >= 0.3 is 0 Å². The van der Waals surface area contributed by atoms with Crippen LogP contribution >= 0.6 is 0 Å². The number of benzene rings is 3. The van der Waals surface area contributed by atoms with Crippen LogP contribution in [0, 0.1) is 6.92 Å². The van der Waals surface area contributed by atoms with Gasteiger partial charge < -0.3 is 20.9 Å². The Morgan fingerprint density at radius 3 is 2.32 bits per heavy atom. The van der Waals surface area contributed by atoms with Gasteiger partial charge in [0.05, 0.1) is 5.69 Å². The molecule has 0 saturated heterocycles. The highest BCUT2D eigenvalue weighted by atomic mass is 16.1. The molecule has 190 valence electrons. The zero-order valence-corrected chi connectivity index (χ0v) is 22.2. The fraction of sp³-hybridized carbons (Fsp3) is 0.226. The van der Waals surface area contributed by atoms with Gasteiger partial charge in [0.2, 0.25) is 0 Å². The van der Waals surface area contributed by atoms with Crippen LogP contribution in [0.25, 0.3) is 17.0 Å². The van der Waals surface area contributed by atoms with Crippen LogP contribution in [-0.2, 0) is 19.0 Å². The van der Waals surface area contributed by atoms with Crippen molar-refractivity contribution in [1.82, 2.24) is 9.55 Å². The summed E-state index contributed by atoms with van der Waals surface area (Å²) in [5.74, 6) is 0.265. The maximum Gasteiger partial charge on any atom is 0.293 e. The lowest BCUT2D eigenvalue weighted by Crippen LogP contribution is -2.21. The molecule has 0 aliphatic heterocycles. The first-order valence-electron chi connectivity index (χ1n) is 12.4. The number of anilines is 3. The third-order valence-electron chi connectivity index (χ3n) is 6.52. The van der Waals surface area contributed by atoms with Crippen LogP contribution in [0.15, 0.2) is 84.3 Å². The second kappa shape index (κ2) is 10.4. The van der Waals surface area contributed by atoms with Gasteiger partial charge in [-0.2, -0.15) is 0 Å². The lowest BCUT2D eigenvalue weighted by atomic mass is 9.86. The van der Waals surface area contributed by atoms with Crippen molar-refractivity contribution in [3.05, 3.63) is 112 Å². The third-order valence-corrected chi connectivity index (χ3v) is 6.52. The van der Waals surface area contributed by atoms with Crippen molar-refractivity contribution < 1.29 is 0 Å². The molecule has 6 heteroatoms. The molecule has 4 N–H and O–H groups in total. The first-order chi connectivity index (χ1) is 17.6. The SMILES string of the molecule is C=C(Nc1cccc(-c2cn(C)c(=O)c(Nc3ccc(CN)cc3)n2)c1C)c1ccc(C(C)(C)C)cc1. The van der Waals surface area contributed by atoms with E-state index in [1.165, 1.54) is 5.56 Å². The maximum absolute atomic E-state index is 12.8. The number of hydrogen-bond acceptors (Lipinski definition) is 5. The largest absolute Gasteiger partial charge is 0.355 e. The Balaban J connectivity index is 1.62. The van der Waals surface area contributed by atoms with E-state index in [1.54, 1.807) is 17.8 Å².